The lowest BCUT2D eigenvalue weighted by Gasteiger charge is -2.41. The van der Waals surface area contributed by atoms with Crippen LogP contribution in [0.4, 0.5) is 0 Å². The van der Waals surface area contributed by atoms with E-state index in [1.54, 1.807) is 0 Å². The van der Waals surface area contributed by atoms with Gasteiger partial charge in [-0.25, -0.2) is 0 Å². The second-order valence-electron chi connectivity index (χ2n) is 5.15. The van der Waals surface area contributed by atoms with Crippen LogP contribution >= 0.6 is 0 Å². The van der Waals surface area contributed by atoms with Crippen molar-refractivity contribution in [1.29, 1.82) is 0 Å². The molecule has 0 nitrogen and oxygen atoms in total. The first-order valence-corrected chi connectivity index (χ1v) is 6.76. The molecular weight excluding hydrogens is 168 g/mol. The normalized spacial score (nSPS) is 38.6. The van der Waals surface area contributed by atoms with Crippen LogP contribution in [0.1, 0.15) is 66.2 Å². The molecule has 0 bridgehead atoms. The highest BCUT2D eigenvalue weighted by molar-refractivity contribution is 4.84. The average Bonchev–Trinajstić information content (AvgIpc) is 2.26. The van der Waals surface area contributed by atoms with Crippen LogP contribution in [0, 0.1) is 23.7 Å². The minimum atomic E-state index is 1.03. The smallest absolute Gasteiger partial charge is 0.0360 e. The molecule has 1 aliphatic carbocycles. The summed E-state index contributed by atoms with van der Waals surface area (Å²) in [5.74, 6) is 4.13. The molecule has 0 amide bonds. The topological polar surface area (TPSA) is 0 Å². The van der Waals surface area contributed by atoms with Gasteiger partial charge in [0.1, 0.15) is 0 Å². The molecule has 0 aromatic rings. The zero-order chi connectivity index (χ0) is 10.6. The Labute approximate surface area is 90.5 Å². The lowest BCUT2D eigenvalue weighted by Crippen LogP contribution is -2.31. The molecule has 0 aliphatic heterocycles. The van der Waals surface area contributed by atoms with E-state index in [0.29, 0.717) is 0 Å². The fourth-order valence-electron chi connectivity index (χ4n) is 3.63. The molecule has 2 atom stereocenters. The van der Waals surface area contributed by atoms with Crippen LogP contribution in [-0.2, 0) is 0 Å². The van der Waals surface area contributed by atoms with E-state index >= 15 is 0 Å². The summed E-state index contributed by atoms with van der Waals surface area (Å²) in [5.41, 5.74) is 0. The van der Waals surface area contributed by atoms with Crippen LogP contribution in [0.5, 0.6) is 0 Å². The Balaban J connectivity index is 2.63. The van der Waals surface area contributed by atoms with Gasteiger partial charge in [-0.05, 0) is 36.5 Å². The molecule has 2 unspecified atom stereocenters. The number of hydrogen-bond acceptors (Lipinski definition) is 0. The van der Waals surface area contributed by atoms with Crippen molar-refractivity contribution >= 4 is 0 Å². The standard InChI is InChI=1S/C14H28/c1-5-11-9-12(6-2)14(8-4)13(7-3)10-11/h11-14H,5-10H2,1-4H3. The van der Waals surface area contributed by atoms with Gasteiger partial charge in [0, 0.05) is 0 Å². The summed E-state index contributed by atoms with van der Waals surface area (Å²) in [4.78, 5) is 0. The highest BCUT2D eigenvalue weighted by atomic mass is 14.4. The van der Waals surface area contributed by atoms with Gasteiger partial charge >= 0.3 is 0 Å². The van der Waals surface area contributed by atoms with E-state index in [0.717, 1.165) is 23.7 Å². The fourth-order valence-corrected chi connectivity index (χ4v) is 3.63. The Morgan fingerprint density at radius 1 is 0.714 bits per heavy atom. The third-order valence-electron chi connectivity index (χ3n) is 4.58. The van der Waals surface area contributed by atoms with Crippen molar-refractivity contribution in [2.75, 3.05) is 0 Å². The largest absolute Gasteiger partial charge is 0.0651 e. The fraction of sp³-hybridized carbons (Fsp3) is 1.00. The zero-order valence-electron chi connectivity index (χ0n) is 10.6. The van der Waals surface area contributed by atoms with Crippen molar-refractivity contribution in [3.05, 3.63) is 0 Å². The SMILES string of the molecule is CCC1CC(CC)C(CC)C(CC)C1. The van der Waals surface area contributed by atoms with E-state index in [2.05, 4.69) is 27.7 Å². The van der Waals surface area contributed by atoms with E-state index in [9.17, 15) is 0 Å². The molecule has 0 spiro atoms. The van der Waals surface area contributed by atoms with Gasteiger partial charge in [0.25, 0.3) is 0 Å². The second kappa shape index (κ2) is 5.78. The Bertz CT molecular complexity index is 136. The van der Waals surface area contributed by atoms with E-state index in [4.69, 9.17) is 0 Å². The summed E-state index contributed by atoms with van der Waals surface area (Å²) in [6, 6.07) is 0. The van der Waals surface area contributed by atoms with E-state index in [-0.39, 0.29) is 0 Å². The molecule has 14 heavy (non-hydrogen) atoms. The van der Waals surface area contributed by atoms with E-state index < -0.39 is 0 Å². The van der Waals surface area contributed by atoms with Crippen LogP contribution in [0.3, 0.4) is 0 Å². The first-order valence-electron chi connectivity index (χ1n) is 6.76. The van der Waals surface area contributed by atoms with Crippen molar-refractivity contribution in [3.8, 4) is 0 Å². The molecule has 0 heterocycles. The summed E-state index contributed by atoms with van der Waals surface area (Å²) in [5, 5.41) is 0. The highest BCUT2D eigenvalue weighted by Crippen LogP contribution is 2.43. The molecule has 1 rings (SSSR count). The zero-order valence-corrected chi connectivity index (χ0v) is 10.6. The molecule has 0 aromatic carbocycles. The molecule has 0 heteroatoms. The Kier molecular flexibility index (Phi) is 4.98. The van der Waals surface area contributed by atoms with Crippen molar-refractivity contribution < 1.29 is 0 Å². The maximum atomic E-state index is 2.39. The molecule has 1 aliphatic rings. The summed E-state index contributed by atoms with van der Waals surface area (Å²) in [7, 11) is 0. The van der Waals surface area contributed by atoms with Gasteiger partial charge in [-0.15, -0.1) is 0 Å². The molecule has 1 saturated carbocycles. The molecule has 0 N–H and O–H groups in total. The lowest BCUT2D eigenvalue weighted by atomic mass is 9.64. The maximum Gasteiger partial charge on any atom is -0.0360 e. The summed E-state index contributed by atoms with van der Waals surface area (Å²) in [6.45, 7) is 9.54. The van der Waals surface area contributed by atoms with Crippen molar-refractivity contribution in [2.45, 2.75) is 66.2 Å². The van der Waals surface area contributed by atoms with Crippen molar-refractivity contribution in [1.82, 2.24) is 0 Å². The lowest BCUT2D eigenvalue weighted by molar-refractivity contribution is 0.0927. The molecule has 0 aromatic heterocycles. The van der Waals surface area contributed by atoms with Crippen molar-refractivity contribution in [3.63, 3.8) is 0 Å². The minimum absolute atomic E-state index is 1.03. The van der Waals surface area contributed by atoms with Crippen LogP contribution in [0.2, 0.25) is 0 Å². The summed E-state index contributed by atoms with van der Waals surface area (Å²) >= 11 is 0. The molecule has 0 radical (unpaired) electrons. The third kappa shape index (κ3) is 2.52. The summed E-state index contributed by atoms with van der Waals surface area (Å²) < 4.78 is 0. The average molecular weight is 196 g/mol. The van der Waals surface area contributed by atoms with Gasteiger partial charge < -0.3 is 0 Å². The van der Waals surface area contributed by atoms with Crippen LogP contribution < -0.4 is 0 Å². The van der Waals surface area contributed by atoms with Gasteiger partial charge in [-0.1, -0.05) is 53.4 Å². The van der Waals surface area contributed by atoms with Gasteiger partial charge in [0.2, 0.25) is 0 Å². The first kappa shape index (κ1) is 12.1. The minimum Gasteiger partial charge on any atom is -0.0651 e. The van der Waals surface area contributed by atoms with Gasteiger partial charge in [0.05, 0.1) is 0 Å². The third-order valence-corrected chi connectivity index (χ3v) is 4.58. The molecular formula is C14H28. The van der Waals surface area contributed by atoms with Crippen LogP contribution in [0.25, 0.3) is 0 Å². The quantitative estimate of drug-likeness (QED) is 0.601. The van der Waals surface area contributed by atoms with E-state index in [1.165, 1.54) is 38.5 Å². The second-order valence-corrected chi connectivity index (χ2v) is 5.15. The monoisotopic (exact) mass is 196 g/mol. The maximum absolute atomic E-state index is 2.39. The van der Waals surface area contributed by atoms with Crippen LogP contribution in [-0.4, -0.2) is 0 Å². The van der Waals surface area contributed by atoms with Crippen LogP contribution in [0.15, 0.2) is 0 Å². The molecule has 1 fully saturated rings. The Hall–Kier alpha value is 0. The predicted molar refractivity (Wildman–Crippen MR) is 64.4 cm³/mol. The van der Waals surface area contributed by atoms with Gasteiger partial charge in [-0.3, -0.25) is 0 Å². The van der Waals surface area contributed by atoms with Gasteiger partial charge in [-0.2, -0.15) is 0 Å². The summed E-state index contributed by atoms with van der Waals surface area (Å²) in [6.07, 6.45) is 8.66. The Morgan fingerprint density at radius 2 is 1.21 bits per heavy atom. The number of rotatable bonds is 4. The molecule has 84 valence electrons. The van der Waals surface area contributed by atoms with Crippen molar-refractivity contribution in [2.24, 2.45) is 23.7 Å². The first-order chi connectivity index (χ1) is 6.76. The predicted octanol–water partition coefficient (Wildman–Crippen LogP) is 4.89. The highest BCUT2D eigenvalue weighted by Gasteiger charge is 2.33. The van der Waals surface area contributed by atoms with Gasteiger partial charge in [0.15, 0.2) is 0 Å². The number of hydrogen-bond donors (Lipinski definition) is 0. The van der Waals surface area contributed by atoms with E-state index in [1.807, 2.05) is 0 Å². The molecule has 0 saturated heterocycles. The Morgan fingerprint density at radius 3 is 1.50 bits per heavy atom.